The van der Waals surface area contributed by atoms with Gasteiger partial charge in [0, 0.05) is 34.4 Å². The molecule has 0 radical (unpaired) electrons. The third-order valence-electron chi connectivity index (χ3n) is 7.91. The minimum absolute atomic E-state index is 0.000557. The summed E-state index contributed by atoms with van der Waals surface area (Å²) >= 11 is 6.15. The van der Waals surface area contributed by atoms with Gasteiger partial charge in [-0.2, -0.15) is 0 Å². The summed E-state index contributed by atoms with van der Waals surface area (Å²) in [7, 11) is 0. The van der Waals surface area contributed by atoms with Crippen molar-refractivity contribution < 1.29 is 9.90 Å². The van der Waals surface area contributed by atoms with E-state index in [1.165, 1.54) is 16.7 Å². The van der Waals surface area contributed by atoms with E-state index in [0.717, 1.165) is 31.4 Å². The molecule has 2 N–H and O–H groups in total. The fourth-order valence-electron chi connectivity index (χ4n) is 5.96. The van der Waals surface area contributed by atoms with Crippen LogP contribution in [0.25, 0.3) is 6.08 Å². The lowest BCUT2D eigenvalue weighted by Crippen LogP contribution is -2.52. The predicted octanol–water partition coefficient (Wildman–Crippen LogP) is 5.83. The van der Waals surface area contributed by atoms with Gasteiger partial charge in [-0.25, -0.2) is 9.78 Å². The van der Waals surface area contributed by atoms with Gasteiger partial charge in [0.1, 0.15) is 5.54 Å². The van der Waals surface area contributed by atoms with E-state index in [1.54, 1.807) is 36.1 Å². The third kappa shape index (κ3) is 4.35. The van der Waals surface area contributed by atoms with E-state index in [2.05, 4.69) is 40.6 Å². The molecule has 1 aromatic heterocycles. The van der Waals surface area contributed by atoms with Crippen LogP contribution in [-0.2, 0) is 16.8 Å². The second kappa shape index (κ2) is 9.58. The predicted molar refractivity (Wildman–Crippen MR) is 142 cm³/mol. The number of hydrogen-bond donors (Lipinski definition) is 2. The van der Waals surface area contributed by atoms with Gasteiger partial charge in [-0.05, 0) is 74.8 Å². The van der Waals surface area contributed by atoms with Gasteiger partial charge in [-0.15, -0.1) is 0 Å². The molecule has 0 unspecified atom stereocenters. The molecule has 2 aliphatic rings. The molecule has 2 aromatic carbocycles. The van der Waals surface area contributed by atoms with E-state index in [9.17, 15) is 14.7 Å². The van der Waals surface area contributed by atoms with Crippen LogP contribution in [-0.4, -0.2) is 26.2 Å². The molecular formula is C29H30ClN3O3. The number of carboxylic acids is 1. The molecule has 1 heterocycles. The number of carboxylic acid groups (broad SMARTS) is 1. The van der Waals surface area contributed by atoms with Crippen LogP contribution in [0.15, 0.2) is 71.4 Å². The number of carbonyl (C=O) groups is 1. The lowest BCUT2D eigenvalue weighted by atomic mass is 9.61. The average molecular weight is 504 g/mol. The van der Waals surface area contributed by atoms with Crippen molar-refractivity contribution in [3.63, 3.8) is 0 Å². The Labute approximate surface area is 215 Å². The molecule has 1 spiro atoms. The number of nitrogens with one attached hydrogen (secondary N) is 1. The first-order valence-electron chi connectivity index (χ1n) is 12.4. The van der Waals surface area contributed by atoms with Gasteiger partial charge in [0.25, 0.3) is 5.56 Å². The topological polar surface area (TPSA) is 84.2 Å². The van der Waals surface area contributed by atoms with Gasteiger partial charge in [-0.3, -0.25) is 9.36 Å². The molecule has 0 amide bonds. The molecule has 6 nitrogen and oxygen atoms in total. The van der Waals surface area contributed by atoms with Crippen LogP contribution in [0.1, 0.15) is 55.2 Å². The first-order valence-corrected chi connectivity index (χ1v) is 12.8. The molecule has 3 aromatic rings. The summed E-state index contributed by atoms with van der Waals surface area (Å²) < 4.78 is 1.68. The molecule has 36 heavy (non-hydrogen) atoms. The highest BCUT2D eigenvalue weighted by molar-refractivity contribution is 6.30. The number of anilines is 1. The summed E-state index contributed by atoms with van der Waals surface area (Å²) in [5, 5.41) is 14.2. The molecular weight excluding hydrogens is 474 g/mol. The zero-order valence-electron chi connectivity index (χ0n) is 20.3. The SMILES string of the molecule is Cc1cncn(CCCC2=Cc3ccccc3C23CCC(Nc2cccc(Cl)c2)(C(=O)O)CC3)c1=O. The van der Waals surface area contributed by atoms with Gasteiger partial charge in [0.05, 0.1) is 6.33 Å². The number of halogens is 1. The standard InChI is InChI=1S/C29H30ClN3O3/c1-20-18-31-19-33(26(20)34)15-5-7-22-16-21-6-2-3-10-25(21)28(22)11-13-29(14-12-28,27(35)36)32-24-9-4-8-23(30)17-24/h2-4,6,8-10,16-19,32H,5,7,11-15H2,1H3,(H,35,36). The van der Waals surface area contributed by atoms with Gasteiger partial charge >= 0.3 is 5.97 Å². The molecule has 0 saturated heterocycles. The summed E-state index contributed by atoms with van der Waals surface area (Å²) in [6.45, 7) is 2.39. The normalized spacial score (nSPS) is 22.8. The second-order valence-corrected chi connectivity index (χ2v) is 10.5. The lowest BCUT2D eigenvalue weighted by Gasteiger charge is -2.45. The summed E-state index contributed by atoms with van der Waals surface area (Å²) in [5.74, 6) is -0.833. The Kier molecular flexibility index (Phi) is 6.47. The molecule has 2 aliphatic carbocycles. The number of aryl methyl sites for hydroxylation is 2. The van der Waals surface area contributed by atoms with E-state index in [0.29, 0.717) is 30.0 Å². The number of allylic oxidation sites excluding steroid dienone is 1. The second-order valence-electron chi connectivity index (χ2n) is 10.0. The molecule has 1 fully saturated rings. The van der Waals surface area contributed by atoms with Crippen LogP contribution in [0, 0.1) is 6.92 Å². The van der Waals surface area contributed by atoms with Gasteiger partial charge in [0.2, 0.25) is 0 Å². The Morgan fingerprint density at radius 3 is 2.67 bits per heavy atom. The van der Waals surface area contributed by atoms with Crippen molar-refractivity contribution in [1.29, 1.82) is 0 Å². The Morgan fingerprint density at radius 1 is 1.14 bits per heavy atom. The number of fused-ring (bicyclic) bond motifs is 2. The van der Waals surface area contributed by atoms with Crippen molar-refractivity contribution in [1.82, 2.24) is 9.55 Å². The van der Waals surface area contributed by atoms with Crippen LogP contribution in [0.2, 0.25) is 5.02 Å². The molecule has 186 valence electrons. The molecule has 0 atom stereocenters. The Morgan fingerprint density at radius 2 is 1.92 bits per heavy atom. The minimum atomic E-state index is -1.04. The number of hydrogen-bond acceptors (Lipinski definition) is 4. The number of aromatic nitrogens is 2. The fraction of sp³-hybridized carbons (Fsp3) is 0.345. The van der Waals surface area contributed by atoms with Crippen molar-refractivity contribution in [2.75, 3.05) is 5.32 Å². The van der Waals surface area contributed by atoms with E-state index in [-0.39, 0.29) is 11.0 Å². The zero-order chi connectivity index (χ0) is 25.3. The van der Waals surface area contributed by atoms with Crippen molar-refractivity contribution in [3.05, 3.63) is 98.7 Å². The molecule has 1 saturated carbocycles. The number of rotatable bonds is 7. The number of aliphatic carboxylic acids is 1. The van der Waals surface area contributed by atoms with Crippen LogP contribution in [0.3, 0.4) is 0 Å². The Hall–Kier alpha value is -3.38. The van der Waals surface area contributed by atoms with E-state index in [4.69, 9.17) is 11.6 Å². The quantitative estimate of drug-likeness (QED) is 0.423. The monoisotopic (exact) mass is 503 g/mol. The lowest BCUT2D eigenvalue weighted by molar-refractivity contribution is -0.143. The minimum Gasteiger partial charge on any atom is -0.480 e. The summed E-state index contributed by atoms with van der Waals surface area (Å²) in [6, 6.07) is 15.7. The van der Waals surface area contributed by atoms with Crippen LogP contribution < -0.4 is 10.9 Å². The molecule has 5 rings (SSSR count). The highest BCUT2D eigenvalue weighted by atomic mass is 35.5. The highest BCUT2D eigenvalue weighted by Crippen LogP contribution is 2.54. The van der Waals surface area contributed by atoms with Gasteiger partial charge < -0.3 is 10.4 Å². The van der Waals surface area contributed by atoms with Crippen molar-refractivity contribution >= 4 is 29.3 Å². The smallest absolute Gasteiger partial charge is 0.329 e. The van der Waals surface area contributed by atoms with Crippen molar-refractivity contribution in [3.8, 4) is 0 Å². The van der Waals surface area contributed by atoms with Crippen LogP contribution in [0.4, 0.5) is 5.69 Å². The first kappa shape index (κ1) is 24.3. The van der Waals surface area contributed by atoms with Gasteiger partial charge in [0.15, 0.2) is 0 Å². The van der Waals surface area contributed by atoms with Crippen molar-refractivity contribution in [2.45, 2.75) is 62.9 Å². The maximum atomic E-state index is 12.5. The van der Waals surface area contributed by atoms with E-state index in [1.807, 2.05) is 12.1 Å². The van der Waals surface area contributed by atoms with E-state index >= 15 is 0 Å². The summed E-state index contributed by atoms with van der Waals surface area (Å²) in [5.41, 5.74) is 3.98. The van der Waals surface area contributed by atoms with Crippen LogP contribution in [0.5, 0.6) is 0 Å². The number of benzene rings is 2. The molecule has 0 bridgehead atoms. The maximum Gasteiger partial charge on any atom is 0.329 e. The third-order valence-corrected chi connectivity index (χ3v) is 8.15. The average Bonchev–Trinajstić information content (AvgIpc) is 3.16. The molecule has 0 aliphatic heterocycles. The largest absolute Gasteiger partial charge is 0.480 e. The van der Waals surface area contributed by atoms with Crippen molar-refractivity contribution in [2.24, 2.45) is 0 Å². The molecule has 7 heteroatoms. The highest BCUT2D eigenvalue weighted by Gasteiger charge is 2.51. The zero-order valence-corrected chi connectivity index (χ0v) is 21.1. The number of nitrogens with zero attached hydrogens (tertiary/aromatic N) is 2. The summed E-state index contributed by atoms with van der Waals surface area (Å²) in [4.78, 5) is 29.1. The Bertz CT molecular complexity index is 1390. The maximum absolute atomic E-state index is 12.5. The first-order chi connectivity index (χ1) is 17.3. The summed E-state index contributed by atoms with van der Waals surface area (Å²) in [6.07, 6.45) is 9.62. The Balaban J connectivity index is 1.38. The fourth-order valence-corrected chi connectivity index (χ4v) is 6.15. The van der Waals surface area contributed by atoms with Crippen LogP contribution >= 0.6 is 11.6 Å². The van der Waals surface area contributed by atoms with E-state index < -0.39 is 11.5 Å². The van der Waals surface area contributed by atoms with Gasteiger partial charge in [-0.1, -0.05) is 53.6 Å².